The van der Waals surface area contributed by atoms with Gasteiger partial charge in [0.25, 0.3) is 0 Å². The molecule has 1 atom stereocenters. The topological polar surface area (TPSA) is 88.6 Å². The number of methoxy groups -OCH3 is 1. The lowest BCUT2D eigenvalue weighted by Gasteiger charge is -2.40. The lowest BCUT2D eigenvalue weighted by atomic mass is 9.73. The number of hydrogen-bond donors (Lipinski definition) is 1. The molecule has 0 fully saturated rings. The number of carbonyl (C=O) groups is 1. The molecule has 3 aromatic carbocycles. The highest BCUT2D eigenvalue weighted by molar-refractivity contribution is 14.1. The van der Waals surface area contributed by atoms with Gasteiger partial charge >= 0.3 is 0 Å². The van der Waals surface area contributed by atoms with E-state index in [0.717, 1.165) is 61.5 Å². The van der Waals surface area contributed by atoms with E-state index in [1.807, 2.05) is 67.3 Å². The fraction of sp³-hybridized carbons (Fsp3) is 0.250. The van der Waals surface area contributed by atoms with Crippen LogP contribution in [0.15, 0.2) is 83.3 Å². The Morgan fingerprint density at radius 1 is 1.05 bits per heavy atom. The first-order valence-electron chi connectivity index (χ1n) is 12.9. The number of hydrogen-bond acceptors (Lipinski definition) is 6. The van der Waals surface area contributed by atoms with E-state index in [2.05, 4.69) is 40.8 Å². The smallest absolute Gasteiger partial charge is 0.161 e. The Bertz CT molecular complexity index is 1530. The summed E-state index contributed by atoms with van der Waals surface area (Å²) in [6.07, 6.45) is 1.95. The third-order valence-corrected chi connectivity index (χ3v) is 8.18. The van der Waals surface area contributed by atoms with Crippen molar-refractivity contribution in [1.82, 2.24) is 0 Å². The second-order valence-corrected chi connectivity index (χ2v) is 11.1. The SMILES string of the molecule is COc1ccc(OCc2cc(C)cc(C3C(C#N)=C(N)N(c4ccc(I)cc4)C4=C3C(=O)CCC4)c2C)cc1. The number of anilines is 1. The van der Waals surface area contributed by atoms with E-state index in [1.54, 1.807) is 7.11 Å². The van der Waals surface area contributed by atoms with E-state index in [-0.39, 0.29) is 5.78 Å². The molecule has 198 valence electrons. The number of benzene rings is 3. The van der Waals surface area contributed by atoms with Gasteiger partial charge in [-0.05, 0) is 115 Å². The quantitative estimate of drug-likeness (QED) is 0.301. The number of ether oxygens (including phenoxy) is 2. The molecule has 0 aromatic heterocycles. The summed E-state index contributed by atoms with van der Waals surface area (Å²) >= 11 is 2.26. The van der Waals surface area contributed by atoms with Crippen LogP contribution in [0.25, 0.3) is 0 Å². The molecule has 7 heteroatoms. The van der Waals surface area contributed by atoms with Crippen molar-refractivity contribution in [3.05, 3.63) is 109 Å². The standard InChI is InChI=1S/C32H30IN3O3/c1-19-15-21(18-39-25-13-11-24(38-3)12-14-25)20(2)26(16-19)30-27(17-34)32(35)36(23-9-7-22(33)8-10-23)28-5-4-6-29(37)31(28)30/h7-16,30H,4-6,18,35H2,1-3H3. The number of rotatable bonds is 6. The highest BCUT2D eigenvalue weighted by Gasteiger charge is 2.41. The lowest BCUT2D eigenvalue weighted by molar-refractivity contribution is -0.116. The number of aryl methyl sites for hydroxylation is 1. The van der Waals surface area contributed by atoms with Crippen molar-refractivity contribution in [2.45, 2.75) is 45.6 Å². The summed E-state index contributed by atoms with van der Waals surface area (Å²) in [6, 6.07) is 22.0. The highest BCUT2D eigenvalue weighted by atomic mass is 127. The van der Waals surface area contributed by atoms with Crippen molar-refractivity contribution >= 4 is 34.1 Å². The number of halogens is 1. The summed E-state index contributed by atoms with van der Waals surface area (Å²) in [5.41, 5.74) is 13.6. The van der Waals surface area contributed by atoms with Gasteiger partial charge in [-0.25, -0.2) is 0 Å². The van der Waals surface area contributed by atoms with Gasteiger partial charge in [-0.15, -0.1) is 0 Å². The molecular weight excluding hydrogens is 601 g/mol. The van der Waals surface area contributed by atoms with Gasteiger partial charge in [0.05, 0.1) is 24.7 Å². The summed E-state index contributed by atoms with van der Waals surface area (Å²) < 4.78 is 12.5. The first kappa shape index (κ1) is 26.8. The summed E-state index contributed by atoms with van der Waals surface area (Å²) in [4.78, 5) is 15.5. The minimum Gasteiger partial charge on any atom is -0.497 e. The number of nitriles is 1. The largest absolute Gasteiger partial charge is 0.497 e. The zero-order valence-corrected chi connectivity index (χ0v) is 24.4. The van der Waals surface area contributed by atoms with E-state index in [1.165, 1.54) is 0 Å². The molecule has 2 aliphatic rings. The van der Waals surface area contributed by atoms with Crippen molar-refractivity contribution in [2.24, 2.45) is 5.73 Å². The van der Waals surface area contributed by atoms with E-state index < -0.39 is 5.92 Å². The normalized spacial score (nSPS) is 17.2. The fourth-order valence-corrected chi connectivity index (χ4v) is 5.89. The van der Waals surface area contributed by atoms with Crippen LogP contribution in [0, 0.1) is 28.7 Å². The summed E-state index contributed by atoms with van der Waals surface area (Å²) in [5.74, 6) is 1.45. The third-order valence-electron chi connectivity index (χ3n) is 7.46. The van der Waals surface area contributed by atoms with Gasteiger partial charge in [-0.2, -0.15) is 5.26 Å². The van der Waals surface area contributed by atoms with E-state index in [9.17, 15) is 10.1 Å². The van der Waals surface area contributed by atoms with Gasteiger partial charge in [0.15, 0.2) is 5.78 Å². The second kappa shape index (κ2) is 11.1. The fourth-order valence-electron chi connectivity index (χ4n) is 5.53. The first-order valence-corrected chi connectivity index (χ1v) is 14.0. The molecule has 6 nitrogen and oxygen atoms in total. The van der Waals surface area contributed by atoms with Gasteiger partial charge in [0.1, 0.15) is 23.9 Å². The molecule has 3 aromatic rings. The number of nitrogens with zero attached hydrogens (tertiary/aromatic N) is 2. The molecule has 0 spiro atoms. The Hall–Kier alpha value is -3.77. The van der Waals surface area contributed by atoms with E-state index in [4.69, 9.17) is 15.2 Å². The maximum Gasteiger partial charge on any atom is 0.161 e. The average Bonchev–Trinajstić information content (AvgIpc) is 2.94. The van der Waals surface area contributed by atoms with E-state index >= 15 is 0 Å². The van der Waals surface area contributed by atoms with Gasteiger partial charge in [-0.1, -0.05) is 17.7 Å². The van der Waals surface area contributed by atoms with Crippen LogP contribution in [-0.2, 0) is 11.4 Å². The molecule has 0 bridgehead atoms. The molecule has 1 unspecified atom stereocenters. The monoisotopic (exact) mass is 631 g/mol. The molecule has 1 heterocycles. The highest BCUT2D eigenvalue weighted by Crippen LogP contribution is 2.47. The summed E-state index contributed by atoms with van der Waals surface area (Å²) in [6.45, 7) is 4.42. The second-order valence-electron chi connectivity index (χ2n) is 9.90. The zero-order valence-electron chi connectivity index (χ0n) is 22.3. The van der Waals surface area contributed by atoms with Crippen LogP contribution in [0.5, 0.6) is 11.5 Å². The van der Waals surface area contributed by atoms with Crippen LogP contribution in [0.4, 0.5) is 5.69 Å². The zero-order chi connectivity index (χ0) is 27.7. The molecule has 0 saturated carbocycles. The molecule has 0 amide bonds. The summed E-state index contributed by atoms with van der Waals surface area (Å²) in [7, 11) is 1.63. The molecule has 0 radical (unpaired) electrons. The van der Waals surface area contributed by atoms with Gasteiger partial charge in [0, 0.05) is 26.9 Å². The van der Waals surface area contributed by atoms with Crippen molar-refractivity contribution in [2.75, 3.05) is 12.0 Å². The van der Waals surface area contributed by atoms with Crippen molar-refractivity contribution in [3.8, 4) is 17.6 Å². The molecule has 1 aliphatic carbocycles. The molecule has 2 N–H and O–H groups in total. The van der Waals surface area contributed by atoms with Crippen molar-refractivity contribution < 1.29 is 14.3 Å². The van der Waals surface area contributed by atoms with Gasteiger partial charge in [0.2, 0.25) is 0 Å². The number of nitrogens with two attached hydrogens (primary N) is 1. The number of ketones is 1. The van der Waals surface area contributed by atoms with Crippen molar-refractivity contribution in [1.29, 1.82) is 5.26 Å². The molecule has 1 aliphatic heterocycles. The number of carbonyl (C=O) groups excluding carboxylic acids is 1. The van der Waals surface area contributed by atoms with Crippen LogP contribution in [-0.4, -0.2) is 12.9 Å². The summed E-state index contributed by atoms with van der Waals surface area (Å²) in [5, 5.41) is 10.4. The Balaban J connectivity index is 1.60. The van der Waals surface area contributed by atoms with E-state index in [0.29, 0.717) is 30.0 Å². The van der Waals surface area contributed by atoms with Crippen LogP contribution < -0.4 is 20.1 Å². The van der Waals surface area contributed by atoms with Crippen LogP contribution in [0.3, 0.4) is 0 Å². The average molecular weight is 632 g/mol. The predicted molar refractivity (Wildman–Crippen MR) is 160 cm³/mol. The third kappa shape index (κ3) is 5.13. The Morgan fingerprint density at radius 2 is 1.74 bits per heavy atom. The van der Waals surface area contributed by atoms with Gasteiger partial charge in [-0.3, -0.25) is 9.69 Å². The first-order chi connectivity index (χ1) is 18.8. The predicted octanol–water partition coefficient (Wildman–Crippen LogP) is 6.80. The number of Topliss-reactive ketones (excluding diaryl/α,β-unsaturated/α-hetero) is 1. The minimum absolute atomic E-state index is 0.0777. The number of allylic oxidation sites excluding steroid dienone is 3. The maximum atomic E-state index is 13.6. The Labute approximate surface area is 242 Å². The minimum atomic E-state index is -0.516. The van der Waals surface area contributed by atoms with Crippen LogP contribution in [0.2, 0.25) is 0 Å². The molecule has 39 heavy (non-hydrogen) atoms. The van der Waals surface area contributed by atoms with Crippen LogP contribution in [0.1, 0.15) is 47.4 Å². The maximum absolute atomic E-state index is 13.6. The Morgan fingerprint density at radius 3 is 2.41 bits per heavy atom. The molecule has 0 saturated heterocycles. The van der Waals surface area contributed by atoms with Gasteiger partial charge < -0.3 is 15.2 Å². The van der Waals surface area contributed by atoms with Crippen molar-refractivity contribution in [3.63, 3.8) is 0 Å². The molecule has 5 rings (SSSR count). The van der Waals surface area contributed by atoms with Crippen LogP contribution >= 0.6 is 22.6 Å². The Kier molecular flexibility index (Phi) is 7.67. The molecular formula is C32H30IN3O3. The lowest BCUT2D eigenvalue weighted by Crippen LogP contribution is -2.39.